The summed E-state index contributed by atoms with van der Waals surface area (Å²) in [5.41, 5.74) is 1.18. The van der Waals surface area contributed by atoms with Crippen LogP contribution in [0.5, 0.6) is 0 Å². The van der Waals surface area contributed by atoms with E-state index in [0.717, 1.165) is 38.7 Å². The van der Waals surface area contributed by atoms with E-state index in [1.54, 1.807) is 0 Å². The molecule has 0 bridgehead atoms. The van der Waals surface area contributed by atoms with Gasteiger partial charge >= 0.3 is 0 Å². The molecule has 1 aliphatic rings. The minimum absolute atomic E-state index is 0.516. The summed E-state index contributed by atoms with van der Waals surface area (Å²) in [6.45, 7) is 5.06. The van der Waals surface area contributed by atoms with Crippen molar-refractivity contribution in [3.8, 4) is 0 Å². The summed E-state index contributed by atoms with van der Waals surface area (Å²) >= 11 is 0. The summed E-state index contributed by atoms with van der Waals surface area (Å²) in [5.74, 6) is 0.922. The van der Waals surface area contributed by atoms with E-state index in [-0.39, 0.29) is 0 Å². The number of aliphatic imine (C=N–C) groups is 1. The van der Waals surface area contributed by atoms with E-state index in [4.69, 9.17) is 0 Å². The molecular formula is C15H29N7. The highest BCUT2D eigenvalue weighted by atomic mass is 15.3. The zero-order chi connectivity index (χ0) is 16.1. The number of hydrogen-bond donors (Lipinski definition) is 1. The normalized spacial score (nSPS) is 21.1. The average Bonchev–Trinajstić information content (AvgIpc) is 2.88. The smallest absolute Gasteiger partial charge is 0.193 e. The van der Waals surface area contributed by atoms with Crippen LogP contribution in [0.3, 0.4) is 0 Å². The number of guanidine groups is 1. The summed E-state index contributed by atoms with van der Waals surface area (Å²) in [4.78, 5) is 11.3. The minimum Gasteiger partial charge on any atom is -0.355 e. The van der Waals surface area contributed by atoms with Gasteiger partial charge in [0.05, 0.1) is 6.20 Å². The molecule has 1 unspecified atom stereocenters. The van der Waals surface area contributed by atoms with Crippen LogP contribution in [0.25, 0.3) is 0 Å². The van der Waals surface area contributed by atoms with Crippen LogP contribution >= 0.6 is 0 Å². The van der Waals surface area contributed by atoms with Crippen molar-refractivity contribution < 1.29 is 0 Å². The Kier molecular flexibility index (Phi) is 5.79. The van der Waals surface area contributed by atoms with Crippen molar-refractivity contribution in [1.82, 2.24) is 29.8 Å². The van der Waals surface area contributed by atoms with Crippen LogP contribution < -0.4 is 5.32 Å². The summed E-state index contributed by atoms with van der Waals surface area (Å²) in [6.07, 6.45) is 3.93. The summed E-state index contributed by atoms with van der Waals surface area (Å²) in [5, 5.41) is 7.71. The molecule has 22 heavy (non-hydrogen) atoms. The largest absolute Gasteiger partial charge is 0.355 e. The van der Waals surface area contributed by atoms with Gasteiger partial charge in [-0.3, -0.25) is 14.6 Å². The molecular weight excluding hydrogens is 278 g/mol. The van der Waals surface area contributed by atoms with Gasteiger partial charge in [0.2, 0.25) is 0 Å². The fraction of sp³-hybridized carbons (Fsp3) is 0.733. The van der Waals surface area contributed by atoms with Crippen LogP contribution in [-0.4, -0.2) is 90.9 Å². The third-order valence-electron chi connectivity index (χ3n) is 4.23. The van der Waals surface area contributed by atoms with Crippen molar-refractivity contribution >= 4 is 5.96 Å². The van der Waals surface area contributed by atoms with Crippen LogP contribution in [-0.2, 0) is 13.6 Å². The lowest BCUT2D eigenvalue weighted by Gasteiger charge is -2.38. The number of nitrogens with one attached hydrogen (secondary N) is 1. The minimum atomic E-state index is 0.516. The molecule has 1 N–H and O–H groups in total. The molecule has 0 radical (unpaired) electrons. The summed E-state index contributed by atoms with van der Waals surface area (Å²) in [6, 6.07) is 0.516. The molecule has 0 saturated carbocycles. The van der Waals surface area contributed by atoms with Crippen LogP contribution in [0.2, 0.25) is 0 Å². The summed E-state index contributed by atoms with van der Waals surface area (Å²) in [7, 11) is 10.2. The third kappa shape index (κ3) is 4.45. The number of aryl methyl sites for hydroxylation is 1. The van der Waals surface area contributed by atoms with Crippen molar-refractivity contribution in [2.45, 2.75) is 12.6 Å². The topological polar surface area (TPSA) is 51.9 Å². The Labute approximate surface area is 133 Å². The van der Waals surface area contributed by atoms with Crippen LogP contribution in [0.15, 0.2) is 17.4 Å². The number of likely N-dealkylation sites (N-methyl/N-ethyl adjacent to an activating group) is 2. The average molecular weight is 307 g/mol. The van der Waals surface area contributed by atoms with Gasteiger partial charge in [0.15, 0.2) is 5.96 Å². The first kappa shape index (κ1) is 16.8. The van der Waals surface area contributed by atoms with Gasteiger partial charge in [-0.15, -0.1) is 0 Å². The van der Waals surface area contributed by atoms with Crippen LogP contribution in [0, 0.1) is 0 Å². The van der Waals surface area contributed by atoms with E-state index in [0.29, 0.717) is 6.04 Å². The van der Waals surface area contributed by atoms with Crippen molar-refractivity contribution in [2.75, 3.05) is 54.4 Å². The fourth-order valence-electron chi connectivity index (χ4n) is 2.82. The quantitative estimate of drug-likeness (QED) is 0.610. The third-order valence-corrected chi connectivity index (χ3v) is 4.23. The van der Waals surface area contributed by atoms with Crippen LogP contribution in [0.4, 0.5) is 0 Å². The first-order valence-electron chi connectivity index (χ1n) is 7.77. The second-order valence-corrected chi connectivity index (χ2v) is 6.20. The van der Waals surface area contributed by atoms with Gasteiger partial charge < -0.3 is 15.1 Å². The standard InChI is InChI=1S/C15H29N7/c1-16-15(21(4)10-13-8-18-22(5)11-13)17-9-14-12-19(2)6-7-20(14)3/h8,11,14H,6-7,9-10,12H2,1-5H3,(H,16,17). The highest BCUT2D eigenvalue weighted by Crippen LogP contribution is 2.06. The zero-order valence-electron chi connectivity index (χ0n) is 14.5. The SMILES string of the molecule is CN=C(NCC1CN(C)CCN1C)N(C)Cc1cnn(C)c1. The monoisotopic (exact) mass is 307 g/mol. The molecule has 1 atom stereocenters. The molecule has 2 rings (SSSR count). The molecule has 7 nitrogen and oxygen atoms in total. The lowest BCUT2D eigenvalue weighted by Crippen LogP contribution is -2.55. The maximum atomic E-state index is 4.39. The molecule has 0 aliphatic carbocycles. The number of nitrogens with zero attached hydrogens (tertiary/aromatic N) is 6. The molecule has 1 aliphatic heterocycles. The van der Waals surface area contributed by atoms with Crippen molar-refractivity contribution in [1.29, 1.82) is 0 Å². The maximum Gasteiger partial charge on any atom is 0.193 e. The molecule has 1 fully saturated rings. The van der Waals surface area contributed by atoms with Gasteiger partial charge in [-0.2, -0.15) is 5.10 Å². The molecule has 7 heteroatoms. The van der Waals surface area contributed by atoms with Gasteiger partial charge in [-0.25, -0.2) is 0 Å². The Morgan fingerprint density at radius 1 is 1.41 bits per heavy atom. The van der Waals surface area contributed by atoms with Gasteiger partial charge in [0.1, 0.15) is 0 Å². The predicted octanol–water partition coefficient (Wildman–Crippen LogP) is -0.327. The Bertz CT molecular complexity index is 496. The fourth-order valence-corrected chi connectivity index (χ4v) is 2.82. The Morgan fingerprint density at radius 2 is 2.18 bits per heavy atom. The predicted molar refractivity (Wildman–Crippen MR) is 90.0 cm³/mol. The van der Waals surface area contributed by atoms with E-state index in [2.05, 4.69) is 51.3 Å². The molecule has 2 heterocycles. The van der Waals surface area contributed by atoms with E-state index >= 15 is 0 Å². The Morgan fingerprint density at radius 3 is 2.82 bits per heavy atom. The molecule has 1 aromatic heterocycles. The van der Waals surface area contributed by atoms with Crippen molar-refractivity contribution in [3.63, 3.8) is 0 Å². The molecule has 1 aromatic rings. The molecule has 0 aromatic carbocycles. The second kappa shape index (κ2) is 7.60. The Hall–Kier alpha value is -1.60. The lowest BCUT2D eigenvalue weighted by molar-refractivity contribution is 0.116. The number of rotatable bonds is 4. The lowest BCUT2D eigenvalue weighted by atomic mass is 10.2. The molecule has 0 amide bonds. The highest BCUT2D eigenvalue weighted by Gasteiger charge is 2.22. The van der Waals surface area contributed by atoms with E-state index < -0.39 is 0 Å². The van der Waals surface area contributed by atoms with E-state index in [1.807, 2.05) is 31.2 Å². The van der Waals surface area contributed by atoms with Crippen molar-refractivity contribution in [2.24, 2.45) is 12.0 Å². The number of piperazine rings is 1. The van der Waals surface area contributed by atoms with Gasteiger partial charge in [0, 0.05) is 71.7 Å². The van der Waals surface area contributed by atoms with Gasteiger partial charge in [-0.1, -0.05) is 0 Å². The Balaban J connectivity index is 1.86. The first-order valence-corrected chi connectivity index (χ1v) is 7.77. The molecule has 1 saturated heterocycles. The van der Waals surface area contributed by atoms with Gasteiger partial charge in [0.25, 0.3) is 0 Å². The van der Waals surface area contributed by atoms with E-state index in [1.165, 1.54) is 5.56 Å². The van der Waals surface area contributed by atoms with Crippen LogP contribution in [0.1, 0.15) is 5.56 Å². The maximum absolute atomic E-state index is 4.39. The van der Waals surface area contributed by atoms with E-state index in [9.17, 15) is 0 Å². The number of hydrogen-bond acceptors (Lipinski definition) is 4. The molecule has 124 valence electrons. The number of aromatic nitrogens is 2. The van der Waals surface area contributed by atoms with Crippen molar-refractivity contribution in [3.05, 3.63) is 18.0 Å². The summed E-state index contributed by atoms with van der Waals surface area (Å²) < 4.78 is 1.83. The zero-order valence-corrected chi connectivity index (χ0v) is 14.5. The molecule has 0 spiro atoms. The van der Waals surface area contributed by atoms with Gasteiger partial charge in [-0.05, 0) is 14.1 Å². The first-order chi connectivity index (χ1) is 10.5. The second-order valence-electron chi connectivity index (χ2n) is 6.20. The highest BCUT2D eigenvalue weighted by molar-refractivity contribution is 5.79.